The number of hydrogen-bond donors (Lipinski definition) is 0. The highest BCUT2D eigenvalue weighted by atomic mass is 79.9. The zero-order valence-electron chi connectivity index (χ0n) is 16.6. The van der Waals surface area contributed by atoms with Gasteiger partial charge in [-0.3, -0.25) is 0 Å². The summed E-state index contributed by atoms with van der Waals surface area (Å²) in [4.78, 5) is 0. The lowest BCUT2D eigenvalue weighted by atomic mass is 10.0. The molecule has 0 atom stereocenters. The van der Waals surface area contributed by atoms with Crippen molar-refractivity contribution in [3.63, 3.8) is 0 Å². The Balaban J connectivity index is 0.00000576. The van der Waals surface area contributed by atoms with Crippen molar-refractivity contribution in [1.82, 2.24) is 4.57 Å². The molecule has 1 aromatic rings. The fraction of sp³-hybridized carbons (Fsp3) is 0.773. The Morgan fingerprint density at radius 3 is 1.76 bits per heavy atom. The van der Waals surface area contributed by atoms with E-state index in [2.05, 4.69) is 41.4 Å². The average molecular weight is 413 g/mol. The first-order valence-corrected chi connectivity index (χ1v) is 10.5. The molecule has 0 saturated carbocycles. The monoisotopic (exact) mass is 412 g/mol. The molecule has 0 bridgehead atoms. The van der Waals surface area contributed by atoms with Crippen molar-refractivity contribution in [3.8, 4) is 0 Å². The largest absolute Gasteiger partial charge is 1.00 e. The van der Waals surface area contributed by atoms with Crippen molar-refractivity contribution < 1.29 is 21.5 Å². The fourth-order valence-electron chi connectivity index (χ4n) is 3.32. The maximum absolute atomic E-state index is 3.78. The summed E-state index contributed by atoms with van der Waals surface area (Å²) >= 11 is 0. The Bertz CT molecular complexity index is 400. The zero-order chi connectivity index (χ0) is 17.3. The molecule has 0 aromatic carbocycles. The van der Waals surface area contributed by atoms with Crippen LogP contribution in [0.1, 0.15) is 96.8 Å². The lowest BCUT2D eigenvalue weighted by Crippen LogP contribution is -3.00. The number of imidazole rings is 1. The van der Waals surface area contributed by atoms with Gasteiger partial charge in [-0.25, -0.2) is 9.13 Å². The summed E-state index contributed by atoms with van der Waals surface area (Å²) < 4.78 is 4.47. The summed E-state index contributed by atoms with van der Waals surface area (Å²) in [5.74, 6) is 0. The minimum atomic E-state index is 0. The van der Waals surface area contributed by atoms with Crippen LogP contribution in [0.4, 0.5) is 0 Å². The third-order valence-corrected chi connectivity index (χ3v) is 4.86. The molecular formula is C22H41BrN2. The molecule has 0 fully saturated rings. The molecule has 0 aliphatic heterocycles. The average Bonchev–Trinajstić information content (AvgIpc) is 3.03. The molecule has 0 amide bonds. The third kappa shape index (κ3) is 14.3. The van der Waals surface area contributed by atoms with Gasteiger partial charge in [-0.1, -0.05) is 96.6 Å². The second kappa shape index (κ2) is 18.2. The zero-order valence-corrected chi connectivity index (χ0v) is 18.2. The number of nitrogens with zero attached hydrogens (tertiary/aromatic N) is 2. The molecule has 3 heteroatoms. The summed E-state index contributed by atoms with van der Waals surface area (Å²) in [5, 5.41) is 0. The molecule has 0 unspecified atom stereocenters. The van der Waals surface area contributed by atoms with E-state index < -0.39 is 0 Å². The predicted octanol–water partition coefficient (Wildman–Crippen LogP) is 3.45. The van der Waals surface area contributed by atoms with Crippen molar-refractivity contribution >= 4 is 0 Å². The summed E-state index contributed by atoms with van der Waals surface area (Å²) in [5.41, 5.74) is 0. The Hall–Kier alpha value is -0.570. The second-order valence-electron chi connectivity index (χ2n) is 7.23. The van der Waals surface area contributed by atoms with Crippen LogP contribution in [0, 0.1) is 0 Å². The van der Waals surface area contributed by atoms with Gasteiger partial charge in [0.2, 0.25) is 6.33 Å². The van der Waals surface area contributed by atoms with Crippen molar-refractivity contribution in [2.45, 2.75) is 110 Å². The molecular weight excluding hydrogens is 372 g/mol. The van der Waals surface area contributed by atoms with E-state index in [1.807, 2.05) is 6.08 Å². The molecule has 0 spiro atoms. The highest BCUT2D eigenvalue weighted by Crippen LogP contribution is 2.12. The van der Waals surface area contributed by atoms with E-state index in [-0.39, 0.29) is 17.0 Å². The fourth-order valence-corrected chi connectivity index (χ4v) is 3.32. The van der Waals surface area contributed by atoms with Gasteiger partial charge in [0.05, 0.1) is 6.54 Å². The Labute approximate surface area is 167 Å². The van der Waals surface area contributed by atoms with Crippen LogP contribution in [-0.4, -0.2) is 4.57 Å². The molecule has 1 heterocycles. The van der Waals surface area contributed by atoms with Crippen LogP contribution in [0.3, 0.4) is 0 Å². The molecule has 0 radical (unpaired) electrons. The SMILES string of the molecule is C=CCn1cc[n+](CCCCCCCCCCCCCCCC)c1.[Br-]. The van der Waals surface area contributed by atoms with Crippen molar-refractivity contribution in [2.75, 3.05) is 0 Å². The number of aryl methyl sites for hydroxylation is 1. The first kappa shape index (κ1) is 24.4. The normalized spacial score (nSPS) is 10.6. The number of allylic oxidation sites excluding steroid dienone is 1. The van der Waals surface area contributed by atoms with E-state index in [4.69, 9.17) is 0 Å². The highest BCUT2D eigenvalue weighted by Gasteiger charge is 2.01. The Morgan fingerprint density at radius 1 is 0.800 bits per heavy atom. The molecule has 1 aromatic heterocycles. The molecule has 146 valence electrons. The van der Waals surface area contributed by atoms with Gasteiger partial charge >= 0.3 is 0 Å². The van der Waals surface area contributed by atoms with Gasteiger partial charge < -0.3 is 17.0 Å². The number of unbranched alkanes of at least 4 members (excludes halogenated alkanes) is 13. The topological polar surface area (TPSA) is 8.81 Å². The Morgan fingerprint density at radius 2 is 1.28 bits per heavy atom. The van der Waals surface area contributed by atoms with Crippen LogP contribution >= 0.6 is 0 Å². The summed E-state index contributed by atoms with van der Waals surface area (Å²) in [6.07, 6.45) is 28.4. The summed E-state index contributed by atoms with van der Waals surface area (Å²) in [6, 6.07) is 0. The number of halogens is 1. The van der Waals surface area contributed by atoms with Crippen LogP contribution in [-0.2, 0) is 13.1 Å². The quantitative estimate of drug-likeness (QED) is 0.210. The molecule has 0 N–H and O–H groups in total. The van der Waals surface area contributed by atoms with E-state index >= 15 is 0 Å². The van der Waals surface area contributed by atoms with Gasteiger partial charge in [0.1, 0.15) is 18.9 Å². The van der Waals surface area contributed by atoms with Crippen molar-refractivity contribution in [1.29, 1.82) is 0 Å². The maximum atomic E-state index is 3.78. The highest BCUT2D eigenvalue weighted by molar-refractivity contribution is 4.73. The van der Waals surface area contributed by atoms with Crippen molar-refractivity contribution in [3.05, 3.63) is 31.4 Å². The number of aromatic nitrogens is 2. The molecule has 2 nitrogen and oxygen atoms in total. The lowest BCUT2D eigenvalue weighted by molar-refractivity contribution is -0.696. The van der Waals surface area contributed by atoms with Crippen molar-refractivity contribution in [2.24, 2.45) is 0 Å². The molecule has 25 heavy (non-hydrogen) atoms. The maximum Gasteiger partial charge on any atom is 0.244 e. The lowest BCUT2D eigenvalue weighted by Gasteiger charge is -2.03. The van der Waals surface area contributed by atoms with E-state index in [9.17, 15) is 0 Å². The predicted molar refractivity (Wildman–Crippen MR) is 105 cm³/mol. The number of hydrogen-bond acceptors (Lipinski definition) is 0. The summed E-state index contributed by atoms with van der Waals surface area (Å²) in [7, 11) is 0. The van der Waals surface area contributed by atoms with E-state index in [0.29, 0.717) is 0 Å². The third-order valence-electron chi connectivity index (χ3n) is 4.86. The Kier molecular flexibility index (Phi) is 17.8. The van der Waals surface area contributed by atoms with Crippen LogP contribution in [0.5, 0.6) is 0 Å². The van der Waals surface area contributed by atoms with Crippen LogP contribution in [0.25, 0.3) is 0 Å². The standard InChI is InChI=1S/C22H41N2.BrH/c1-3-5-6-7-8-9-10-11-12-13-14-15-16-17-19-24-21-20-23(22-24)18-4-2;/h4,20-22H,2-3,5-19H2,1H3;1H/q+1;/p-1. The minimum absolute atomic E-state index is 0. The van der Waals surface area contributed by atoms with E-state index in [0.717, 1.165) is 13.1 Å². The van der Waals surface area contributed by atoms with Gasteiger partial charge in [0.15, 0.2) is 0 Å². The summed E-state index contributed by atoms with van der Waals surface area (Å²) in [6.45, 7) is 8.13. The second-order valence-corrected chi connectivity index (χ2v) is 7.23. The first-order chi connectivity index (χ1) is 11.9. The van der Waals surface area contributed by atoms with Gasteiger partial charge in [-0.2, -0.15) is 0 Å². The number of rotatable bonds is 17. The van der Waals surface area contributed by atoms with Crippen LogP contribution < -0.4 is 21.5 Å². The van der Waals surface area contributed by atoms with Gasteiger partial charge in [-0.15, -0.1) is 0 Å². The van der Waals surface area contributed by atoms with Gasteiger partial charge in [0, 0.05) is 0 Å². The molecule has 0 saturated heterocycles. The van der Waals surface area contributed by atoms with E-state index in [1.165, 1.54) is 89.9 Å². The van der Waals surface area contributed by atoms with Crippen LogP contribution in [0.15, 0.2) is 31.4 Å². The van der Waals surface area contributed by atoms with Crippen LogP contribution in [0.2, 0.25) is 0 Å². The van der Waals surface area contributed by atoms with E-state index in [1.54, 1.807) is 0 Å². The minimum Gasteiger partial charge on any atom is -1.00 e. The molecule has 0 aliphatic carbocycles. The van der Waals surface area contributed by atoms with Gasteiger partial charge in [-0.05, 0) is 12.8 Å². The first-order valence-electron chi connectivity index (χ1n) is 10.5. The molecule has 0 aliphatic rings. The van der Waals surface area contributed by atoms with Gasteiger partial charge in [0.25, 0.3) is 0 Å². The molecule has 1 rings (SSSR count). The smallest absolute Gasteiger partial charge is 0.244 e.